The van der Waals surface area contributed by atoms with Crippen LogP contribution in [0.1, 0.15) is 64.5 Å². The van der Waals surface area contributed by atoms with Crippen molar-refractivity contribution in [3.63, 3.8) is 0 Å². The van der Waals surface area contributed by atoms with Crippen LogP contribution in [0.4, 0.5) is 0 Å². The maximum absolute atomic E-state index is 4.45. The van der Waals surface area contributed by atoms with E-state index in [0.29, 0.717) is 0 Å². The average Bonchev–Trinajstić information content (AvgIpc) is 2.36. The Kier molecular flexibility index (Phi) is 7.70. The van der Waals surface area contributed by atoms with Gasteiger partial charge in [0.25, 0.3) is 0 Å². The lowest BCUT2D eigenvalue weighted by atomic mass is 9.92. The number of hydrogen-bond donors (Lipinski definition) is 0. The van der Waals surface area contributed by atoms with Gasteiger partial charge in [-0.15, -0.1) is 0 Å². The Morgan fingerprint density at radius 2 is 1.88 bits per heavy atom. The Hall–Kier alpha value is -0.850. The van der Waals surface area contributed by atoms with E-state index in [2.05, 4.69) is 31.0 Å². The molecule has 1 atom stereocenters. The van der Waals surface area contributed by atoms with E-state index in [-0.39, 0.29) is 0 Å². The molecule has 0 aromatic carbocycles. The molecule has 1 rings (SSSR count). The van der Waals surface area contributed by atoms with Crippen LogP contribution in [0, 0.1) is 5.92 Å². The smallest absolute Gasteiger partial charge is 0.0406 e. The molecule has 0 bridgehead atoms. The van der Waals surface area contributed by atoms with Crippen LogP contribution in [0.15, 0.2) is 24.4 Å². The maximum atomic E-state index is 4.45. The molecule has 0 aliphatic heterocycles. The highest BCUT2D eigenvalue weighted by atomic mass is 14.7. The SMILES string of the molecule is CCCCCCC(CCC)Cc1ccccn1. The van der Waals surface area contributed by atoms with Crippen molar-refractivity contribution < 1.29 is 0 Å². The quantitative estimate of drug-likeness (QED) is 0.546. The largest absolute Gasteiger partial charge is 0.261 e. The van der Waals surface area contributed by atoms with Gasteiger partial charge in [0.05, 0.1) is 0 Å². The molecular weight excluding hydrogens is 206 g/mol. The van der Waals surface area contributed by atoms with Gasteiger partial charge in [-0.25, -0.2) is 0 Å². The van der Waals surface area contributed by atoms with Crippen molar-refractivity contribution in [1.29, 1.82) is 0 Å². The molecule has 0 saturated heterocycles. The minimum Gasteiger partial charge on any atom is -0.261 e. The van der Waals surface area contributed by atoms with E-state index in [1.807, 2.05) is 12.3 Å². The molecule has 0 spiro atoms. The van der Waals surface area contributed by atoms with Crippen molar-refractivity contribution in [3.05, 3.63) is 30.1 Å². The van der Waals surface area contributed by atoms with Crippen molar-refractivity contribution in [1.82, 2.24) is 4.98 Å². The van der Waals surface area contributed by atoms with Gasteiger partial charge in [0.15, 0.2) is 0 Å². The van der Waals surface area contributed by atoms with Gasteiger partial charge in [-0.3, -0.25) is 4.98 Å². The second-order valence-electron chi connectivity index (χ2n) is 5.03. The van der Waals surface area contributed by atoms with Gasteiger partial charge in [0.1, 0.15) is 0 Å². The van der Waals surface area contributed by atoms with Crippen LogP contribution < -0.4 is 0 Å². The van der Waals surface area contributed by atoms with Crippen LogP contribution in [0.25, 0.3) is 0 Å². The second-order valence-corrected chi connectivity index (χ2v) is 5.03. The Bertz CT molecular complexity index is 268. The van der Waals surface area contributed by atoms with Gasteiger partial charge in [-0.05, 0) is 24.5 Å². The summed E-state index contributed by atoms with van der Waals surface area (Å²) in [6.07, 6.45) is 12.6. The van der Waals surface area contributed by atoms with Crippen LogP contribution >= 0.6 is 0 Å². The first-order chi connectivity index (χ1) is 8.36. The van der Waals surface area contributed by atoms with E-state index in [0.717, 1.165) is 5.92 Å². The van der Waals surface area contributed by atoms with Gasteiger partial charge in [0.2, 0.25) is 0 Å². The molecule has 17 heavy (non-hydrogen) atoms. The van der Waals surface area contributed by atoms with Gasteiger partial charge in [-0.2, -0.15) is 0 Å². The minimum absolute atomic E-state index is 0.840. The van der Waals surface area contributed by atoms with Crippen LogP contribution in [0.3, 0.4) is 0 Å². The van der Waals surface area contributed by atoms with Crippen LogP contribution in [0.5, 0.6) is 0 Å². The summed E-state index contributed by atoms with van der Waals surface area (Å²) in [5.41, 5.74) is 1.27. The monoisotopic (exact) mass is 233 g/mol. The summed E-state index contributed by atoms with van der Waals surface area (Å²) in [5, 5.41) is 0. The summed E-state index contributed by atoms with van der Waals surface area (Å²) >= 11 is 0. The molecule has 0 radical (unpaired) electrons. The molecule has 0 N–H and O–H groups in total. The Balaban J connectivity index is 2.32. The predicted molar refractivity (Wildman–Crippen MR) is 75.1 cm³/mol. The van der Waals surface area contributed by atoms with Crippen molar-refractivity contribution in [2.24, 2.45) is 5.92 Å². The average molecular weight is 233 g/mol. The van der Waals surface area contributed by atoms with Gasteiger partial charge in [-0.1, -0.05) is 64.9 Å². The fraction of sp³-hybridized carbons (Fsp3) is 0.688. The summed E-state index contributed by atoms with van der Waals surface area (Å²) < 4.78 is 0. The molecule has 1 aromatic heterocycles. The number of rotatable bonds is 9. The van der Waals surface area contributed by atoms with Crippen LogP contribution in [-0.4, -0.2) is 4.98 Å². The zero-order chi connectivity index (χ0) is 12.3. The molecule has 0 aliphatic carbocycles. The standard InChI is InChI=1S/C16H27N/c1-3-5-6-7-11-15(10-4-2)14-16-12-8-9-13-17-16/h8-9,12-13,15H,3-7,10-11,14H2,1-2H3. The molecule has 0 fully saturated rings. The van der Waals surface area contributed by atoms with Crippen molar-refractivity contribution in [2.45, 2.75) is 65.2 Å². The number of aromatic nitrogens is 1. The number of pyridine rings is 1. The Labute approximate surface area is 107 Å². The number of unbranched alkanes of at least 4 members (excludes halogenated alkanes) is 3. The Morgan fingerprint density at radius 3 is 2.53 bits per heavy atom. The number of nitrogens with zero attached hydrogens (tertiary/aromatic N) is 1. The lowest BCUT2D eigenvalue weighted by Crippen LogP contribution is -2.06. The maximum Gasteiger partial charge on any atom is 0.0406 e. The molecule has 1 heterocycles. The summed E-state index contributed by atoms with van der Waals surface area (Å²) in [7, 11) is 0. The highest BCUT2D eigenvalue weighted by Crippen LogP contribution is 2.20. The zero-order valence-corrected chi connectivity index (χ0v) is 11.5. The predicted octanol–water partition coefficient (Wildman–Crippen LogP) is 5.01. The lowest BCUT2D eigenvalue weighted by molar-refractivity contribution is 0.416. The second kappa shape index (κ2) is 9.21. The highest BCUT2D eigenvalue weighted by molar-refractivity contribution is 5.04. The van der Waals surface area contributed by atoms with E-state index in [1.54, 1.807) is 0 Å². The summed E-state index contributed by atoms with van der Waals surface area (Å²) in [5.74, 6) is 0.840. The summed E-state index contributed by atoms with van der Waals surface area (Å²) in [4.78, 5) is 4.45. The zero-order valence-electron chi connectivity index (χ0n) is 11.5. The third-order valence-electron chi connectivity index (χ3n) is 3.39. The lowest BCUT2D eigenvalue weighted by Gasteiger charge is -2.15. The van der Waals surface area contributed by atoms with Gasteiger partial charge >= 0.3 is 0 Å². The first kappa shape index (κ1) is 14.2. The third kappa shape index (κ3) is 6.45. The van der Waals surface area contributed by atoms with E-state index in [1.165, 1.54) is 57.1 Å². The highest BCUT2D eigenvalue weighted by Gasteiger charge is 2.09. The molecule has 1 unspecified atom stereocenters. The topological polar surface area (TPSA) is 12.9 Å². The first-order valence-electron chi connectivity index (χ1n) is 7.26. The normalized spacial score (nSPS) is 12.6. The van der Waals surface area contributed by atoms with Crippen molar-refractivity contribution >= 4 is 0 Å². The van der Waals surface area contributed by atoms with E-state index < -0.39 is 0 Å². The Morgan fingerprint density at radius 1 is 1.00 bits per heavy atom. The first-order valence-corrected chi connectivity index (χ1v) is 7.26. The van der Waals surface area contributed by atoms with Crippen LogP contribution in [-0.2, 0) is 6.42 Å². The molecule has 1 heteroatoms. The summed E-state index contributed by atoms with van der Waals surface area (Å²) in [6.45, 7) is 4.56. The third-order valence-corrected chi connectivity index (χ3v) is 3.39. The fourth-order valence-electron chi connectivity index (χ4n) is 2.43. The van der Waals surface area contributed by atoms with Crippen molar-refractivity contribution in [3.8, 4) is 0 Å². The van der Waals surface area contributed by atoms with Gasteiger partial charge < -0.3 is 0 Å². The molecule has 1 aromatic rings. The van der Waals surface area contributed by atoms with E-state index >= 15 is 0 Å². The molecule has 0 saturated carbocycles. The van der Waals surface area contributed by atoms with E-state index in [4.69, 9.17) is 0 Å². The molecule has 0 aliphatic rings. The van der Waals surface area contributed by atoms with Gasteiger partial charge in [0, 0.05) is 11.9 Å². The minimum atomic E-state index is 0.840. The molecule has 1 nitrogen and oxygen atoms in total. The fourth-order valence-corrected chi connectivity index (χ4v) is 2.43. The molecule has 0 amide bonds. The number of hydrogen-bond acceptors (Lipinski definition) is 1. The molecule has 96 valence electrons. The van der Waals surface area contributed by atoms with Crippen LogP contribution in [0.2, 0.25) is 0 Å². The summed E-state index contributed by atoms with van der Waals surface area (Å²) in [6, 6.07) is 6.26. The van der Waals surface area contributed by atoms with Crippen molar-refractivity contribution in [2.75, 3.05) is 0 Å². The van der Waals surface area contributed by atoms with E-state index in [9.17, 15) is 0 Å². The molecular formula is C16H27N.